The fourth-order valence-corrected chi connectivity index (χ4v) is 1.98. The molecule has 5 nitrogen and oxygen atoms in total. The van der Waals surface area contributed by atoms with Crippen molar-refractivity contribution in [1.82, 2.24) is 15.1 Å². The van der Waals surface area contributed by atoms with Crippen molar-refractivity contribution in [2.45, 2.75) is 6.18 Å². The van der Waals surface area contributed by atoms with Crippen LogP contribution in [0.3, 0.4) is 0 Å². The van der Waals surface area contributed by atoms with Crippen LogP contribution in [0.2, 0.25) is 5.02 Å². The molecule has 3 rings (SSSR count). The summed E-state index contributed by atoms with van der Waals surface area (Å²) >= 11 is 5.83. The topological polar surface area (TPSA) is 72.0 Å². The van der Waals surface area contributed by atoms with Crippen LogP contribution in [-0.2, 0) is 6.18 Å². The summed E-state index contributed by atoms with van der Waals surface area (Å²) in [6.45, 7) is 0. The van der Waals surface area contributed by atoms with E-state index in [1.54, 1.807) is 0 Å². The second-order valence-corrected chi connectivity index (χ2v) is 4.95. The van der Waals surface area contributed by atoms with Crippen molar-refractivity contribution in [1.29, 1.82) is 0 Å². The number of aromatic hydroxyl groups is 1. The summed E-state index contributed by atoms with van der Waals surface area (Å²) in [7, 11) is 0. The van der Waals surface area contributed by atoms with Crippen molar-refractivity contribution in [2.24, 2.45) is 0 Å². The maximum absolute atomic E-state index is 12.5. The SMILES string of the molecule is Oc1ccc(Cl)cc1-c1nc(-c2ccc(C(F)(F)F)cn2)no1. The van der Waals surface area contributed by atoms with Crippen LogP contribution in [0, 0.1) is 0 Å². The Hall–Kier alpha value is -2.61. The minimum absolute atomic E-state index is 0.00639. The van der Waals surface area contributed by atoms with Gasteiger partial charge < -0.3 is 9.63 Å². The van der Waals surface area contributed by atoms with E-state index in [0.29, 0.717) is 11.2 Å². The molecule has 0 saturated heterocycles. The molecular formula is C14H7ClF3N3O2. The number of pyridine rings is 1. The summed E-state index contributed by atoms with van der Waals surface area (Å²) in [4.78, 5) is 7.67. The lowest BCUT2D eigenvalue weighted by molar-refractivity contribution is -0.137. The minimum Gasteiger partial charge on any atom is -0.507 e. The molecule has 2 heterocycles. The van der Waals surface area contributed by atoms with Gasteiger partial charge in [0.05, 0.1) is 11.1 Å². The molecule has 118 valence electrons. The van der Waals surface area contributed by atoms with Crippen LogP contribution >= 0.6 is 11.6 Å². The lowest BCUT2D eigenvalue weighted by Gasteiger charge is -2.05. The first-order valence-electron chi connectivity index (χ1n) is 6.21. The summed E-state index contributed by atoms with van der Waals surface area (Å²) < 4.78 is 42.5. The fraction of sp³-hybridized carbons (Fsp3) is 0.0714. The zero-order chi connectivity index (χ0) is 16.6. The van der Waals surface area contributed by atoms with Crippen LogP contribution in [0.4, 0.5) is 13.2 Å². The number of hydrogen-bond donors (Lipinski definition) is 1. The zero-order valence-electron chi connectivity index (χ0n) is 11.2. The number of benzene rings is 1. The molecule has 0 bridgehead atoms. The van der Waals surface area contributed by atoms with Gasteiger partial charge in [-0.25, -0.2) is 0 Å². The van der Waals surface area contributed by atoms with Crippen LogP contribution in [0.15, 0.2) is 41.1 Å². The average Bonchev–Trinajstić information content (AvgIpc) is 2.99. The molecule has 2 aromatic heterocycles. The highest BCUT2D eigenvalue weighted by Gasteiger charge is 2.30. The van der Waals surface area contributed by atoms with E-state index in [0.717, 1.165) is 12.1 Å². The molecule has 0 amide bonds. The summed E-state index contributed by atoms with van der Waals surface area (Å²) in [6, 6.07) is 6.27. The third kappa shape index (κ3) is 3.11. The smallest absolute Gasteiger partial charge is 0.417 e. The lowest BCUT2D eigenvalue weighted by atomic mass is 10.2. The Morgan fingerprint density at radius 3 is 2.57 bits per heavy atom. The first kappa shape index (κ1) is 15.3. The molecule has 0 atom stereocenters. The van der Waals surface area contributed by atoms with Crippen LogP contribution in [0.1, 0.15) is 5.56 Å². The molecule has 0 unspecified atom stereocenters. The molecule has 0 spiro atoms. The number of phenolic OH excluding ortho intramolecular Hbond substituents is 1. The number of nitrogens with zero attached hydrogens (tertiary/aromatic N) is 3. The third-order valence-corrected chi connectivity index (χ3v) is 3.17. The van der Waals surface area contributed by atoms with Crippen molar-refractivity contribution >= 4 is 11.6 Å². The largest absolute Gasteiger partial charge is 0.507 e. The van der Waals surface area contributed by atoms with Gasteiger partial charge in [-0.1, -0.05) is 16.8 Å². The van der Waals surface area contributed by atoms with E-state index >= 15 is 0 Å². The van der Waals surface area contributed by atoms with Gasteiger partial charge in [-0.2, -0.15) is 18.2 Å². The number of rotatable bonds is 2. The first-order chi connectivity index (χ1) is 10.8. The highest BCUT2D eigenvalue weighted by Crippen LogP contribution is 2.32. The maximum atomic E-state index is 12.5. The van der Waals surface area contributed by atoms with Gasteiger partial charge in [-0.05, 0) is 30.3 Å². The molecule has 0 radical (unpaired) electrons. The Balaban J connectivity index is 1.94. The van der Waals surface area contributed by atoms with Gasteiger partial charge in [-0.3, -0.25) is 4.98 Å². The van der Waals surface area contributed by atoms with Gasteiger partial charge in [0.25, 0.3) is 5.89 Å². The molecular weight excluding hydrogens is 335 g/mol. The molecule has 3 aromatic rings. The van der Waals surface area contributed by atoms with Crippen LogP contribution < -0.4 is 0 Å². The van der Waals surface area contributed by atoms with Gasteiger partial charge in [0.1, 0.15) is 11.4 Å². The first-order valence-corrected chi connectivity index (χ1v) is 6.58. The molecule has 23 heavy (non-hydrogen) atoms. The number of alkyl halides is 3. The van der Waals surface area contributed by atoms with Crippen molar-refractivity contribution < 1.29 is 22.8 Å². The molecule has 1 aromatic carbocycles. The van der Waals surface area contributed by atoms with Crippen molar-refractivity contribution in [3.8, 4) is 28.7 Å². The second-order valence-electron chi connectivity index (χ2n) is 4.51. The lowest BCUT2D eigenvalue weighted by Crippen LogP contribution is -2.05. The Bertz CT molecular complexity index is 847. The predicted octanol–water partition coefficient (Wildman–Crippen LogP) is 4.18. The standard InChI is InChI=1S/C14H7ClF3N3O2/c15-8-2-4-11(22)9(5-8)13-20-12(21-23-13)10-3-1-7(6-19-10)14(16,17)18/h1-6,22H. The van der Waals surface area contributed by atoms with Gasteiger partial charge in [0, 0.05) is 11.2 Å². The number of aromatic nitrogens is 3. The van der Waals surface area contributed by atoms with Crippen LogP contribution in [-0.4, -0.2) is 20.2 Å². The number of halogens is 4. The highest BCUT2D eigenvalue weighted by molar-refractivity contribution is 6.30. The monoisotopic (exact) mass is 341 g/mol. The van der Waals surface area contributed by atoms with E-state index in [4.69, 9.17) is 16.1 Å². The van der Waals surface area contributed by atoms with E-state index in [-0.39, 0.29) is 28.7 Å². The van der Waals surface area contributed by atoms with E-state index in [2.05, 4.69) is 15.1 Å². The van der Waals surface area contributed by atoms with Gasteiger partial charge >= 0.3 is 6.18 Å². The van der Waals surface area contributed by atoms with Crippen molar-refractivity contribution in [3.63, 3.8) is 0 Å². The highest BCUT2D eigenvalue weighted by atomic mass is 35.5. The van der Waals surface area contributed by atoms with E-state index in [9.17, 15) is 18.3 Å². The van der Waals surface area contributed by atoms with E-state index < -0.39 is 11.7 Å². The minimum atomic E-state index is -4.47. The van der Waals surface area contributed by atoms with Crippen LogP contribution in [0.5, 0.6) is 5.75 Å². The molecule has 0 aliphatic heterocycles. The second kappa shape index (κ2) is 5.54. The number of phenols is 1. The fourth-order valence-electron chi connectivity index (χ4n) is 1.81. The number of hydrogen-bond acceptors (Lipinski definition) is 5. The predicted molar refractivity (Wildman–Crippen MR) is 74.6 cm³/mol. The third-order valence-electron chi connectivity index (χ3n) is 2.93. The van der Waals surface area contributed by atoms with Crippen molar-refractivity contribution in [3.05, 3.63) is 47.1 Å². The summed E-state index contributed by atoms with van der Waals surface area (Å²) in [5.74, 6) is -0.153. The normalized spacial score (nSPS) is 11.7. The average molecular weight is 342 g/mol. The molecule has 0 aliphatic rings. The van der Waals surface area contributed by atoms with Gasteiger partial charge in [-0.15, -0.1) is 0 Å². The Morgan fingerprint density at radius 2 is 1.91 bits per heavy atom. The Morgan fingerprint density at radius 1 is 1.13 bits per heavy atom. The van der Waals surface area contributed by atoms with Gasteiger partial charge in [0.15, 0.2) is 0 Å². The summed E-state index contributed by atoms with van der Waals surface area (Å²) in [5.41, 5.74) is -0.560. The summed E-state index contributed by atoms with van der Waals surface area (Å²) in [5, 5.41) is 13.8. The quantitative estimate of drug-likeness (QED) is 0.757. The molecule has 0 aliphatic carbocycles. The molecule has 9 heteroatoms. The molecule has 0 fully saturated rings. The van der Waals surface area contributed by atoms with E-state index in [1.807, 2.05) is 0 Å². The zero-order valence-corrected chi connectivity index (χ0v) is 11.9. The molecule has 1 N–H and O–H groups in total. The van der Waals surface area contributed by atoms with Gasteiger partial charge in [0.2, 0.25) is 5.82 Å². The van der Waals surface area contributed by atoms with E-state index in [1.165, 1.54) is 18.2 Å². The summed E-state index contributed by atoms with van der Waals surface area (Å²) in [6.07, 6.45) is -3.79. The Labute approximate surface area is 132 Å². The molecule has 0 saturated carbocycles. The maximum Gasteiger partial charge on any atom is 0.417 e. The Kier molecular flexibility index (Phi) is 3.69. The van der Waals surface area contributed by atoms with Crippen molar-refractivity contribution in [2.75, 3.05) is 0 Å². The van der Waals surface area contributed by atoms with Crippen LogP contribution in [0.25, 0.3) is 23.0 Å².